The molecule has 0 spiro atoms. The highest BCUT2D eigenvalue weighted by Crippen LogP contribution is 2.26. The minimum absolute atomic E-state index is 0.355. The molecule has 0 unspecified atom stereocenters. The second-order valence-corrected chi connectivity index (χ2v) is 4.20. The molecule has 0 aliphatic heterocycles. The molecular formula is C7H13BrClN3. The van der Waals surface area contributed by atoms with Crippen molar-refractivity contribution >= 4 is 27.5 Å². The summed E-state index contributed by atoms with van der Waals surface area (Å²) in [4.78, 5) is 0. The van der Waals surface area contributed by atoms with Crippen LogP contribution in [0.15, 0.2) is 9.76 Å². The Morgan fingerprint density at radius 2 is 1.92 bits per heavy atom. The number of hydrogen-bond acceptors (Lipinski definition) is 3. The summed E-state index contributed by atoms with van der Waals surface area (Å²) in [5.41, 5.74) is 5.45. The molecule has 0 aromatic heterocycles. The zero-order valence-electron chi connectivity index (χ0n) is 6.76. The van der Waals surface area contributed by atoms with Crippen molar-refractivity contribution in [3.63, 3.8) is 0 Å². The summed E-state index contributed by atoms with van der Waals surface area (Å²) in [6.45, 7) is 0. The highest BCUT2D eigenvalue weighted by Gasteiger charge is 2.22. The van der Waals surface area contributed by atoms with E-state index in [0.29, 0.717) is 15.8 Å². The van der Waals surface area contributed by atoms with Gasteiger partial charge in [-0.05, 0) is 28.8 Å². The molecule has 1 aliphatic carbocycles. The molecule has 0 aromatic rings. The van der Waals surface area contributed by atoms with Crippen LogP contribution in [0.5, 0.6) is 0 Å². The minimum Gasteiger partial charge on any atom is -0.391 e. The average Bonchev–Trinajstić information content (AvgIpc) is 2.53. The van der Waals surface area contributed by atoms with Gasteiger partial charge in [-0.15, -0.1) is 0 Å². The van der Waals surface area contributed by atoms with Crippen molar-refractivity contribution < 1.29 is 0 Å². The van der Waals surface area contributed by atoms with Crippen molar-refractivity contribution in [1.82, 2.24) is 5.01 Å². The third kappa shape index (κ3) is 2.28. The maximum Gasteiger partial charge on any atom is 0.149 e. The standard InChI is InChI=1S/C7H13BrClN3/c8-6(10)7(9)12(11)5-3-1-2-4-5/h5H,1-4,10-11H2/b7-6-. The number of hydrazine groups is 1. The molecule has 1 aliphatic rings. The lowest BCUT2D eigenvalue weighted by Crippen LogP contribution is -2.37. The second-order valence-electron chi connectivity index (χ2n) is 2.98. The van der Waals surface area contributed by atoms with E-state index in [1.807, 2.05) is 0 Å². The number of halogens is 2. The molecule has 12 heavy (non-hydrogen) atoms. The highest BCUT2D eigenvalue weighted by molar-refractivity contribution is 9.11. The largest absolute Gasteiger partial charge is 0.391 e. The predicted molar refractivity (Wildman–Crippen MR) is 54.3 cm³/mol. The predicted octanol–water partition coefficient (Wildman–Crippen LogP) is 1.82. The van der Waals surface area contributed by atoms with Gasteiger partial charge in [0.25, 0.3) is 0 Å². The molecule has 1 fully saturated rings. The first-order valence-corrected chi connectivity index (χ1v) is 5.14. The fraction of sp³-hybridized carbons (Fsp3) is 0.714. The van der Waals surface area contributed by atoms with Gasteiger partial charge in [-0.3, -0.25) is 5.01 Å². The molecule has 0 aromatic carbocycles. The fourth-order valence-electron chi connectivity index (χ4n) is 1.47. The van der Waals surface area contributed by atoms with Crippen LogP contribution < -0.4 is 11.6 Å². The lowest BCUT2D eigenvalue weighted by atomic mass is 10.2. The Morgan fingerprint density at radius 3 is 2.33 bits per heavy atom. The van der Waals surface area contributed by atoms with Crippen LogP contribution in [-0.4, -0.2) is 11.1 Å². The number of nitrogens with zero attached hydrogens (tertiary/aromatic N) is 1. The number of rotatable bonds is 2. The Hall–Kier alpha value is 0.0700. The van der Waals surface area contributed by atoms with Crippen LogP contribution in [0, 0.1) is 0 Å². The molecule has 4 N–H and O–H groups in total. The number of hydrogen-bond donors (Lipinski definition) is 2. The van der Waals surface area contributed by atoms with Gasteiger partial charge < -0.3 is 5.73 Å². The van der Waals surface area contributed by atoms with Crippen LogP contribution in [0.2, 0.25) is 0 Å². The normalized spacial score (nSPS) is 20.9. The van der Waals surface area contributed by atoms with E-state index in [2.05, 4.69) is 15.9 Å². The van der Waals surface area contributed by atoms with Crippen molar-refractivity contribution in [2.45, 2.75) is 31.7 Å². The van der Waals surface area contributed by atoms with Gasteiger partial charge in [0.05, 0.1) is 0 Å². The third-order valence-electron chi connectivity index (χ3n) is 2.14. The van der Waals surface area contributed by atoms with Crippen molar-refractivity contribution in [1.29, 1.82) is 0 Å². The highest BCUT2D eigenvalue weighted by atomic mass is 79.9. The summed E-state index contributed by atoms with van der Waals surface area (Å²) in [7, 11) is 0. The summed E-state index contributed by atoms with van der Waals surface area (Å²) in [5, 5.41) is 1.96. The summed E-state index contributed by atoms with van der Waals surface area (Å²) in [5.74, 6) is 5.76. The summed E-state index contributed by atoms with van der Waals surface area (Å²) in [6, 6.07) is 0.355. The Balaban J connectivity index is 2.57. The topological polar surface area (TPSA) is 55.3 Å². The van der Waals surface area contributed by atoms with Crippen molar-refractivity contribution in [2.75, 3.05) is 0 Å². The number of nitrogens with two attached hydrogens (primary N) is 2. The van der Waals surface area contributed by atoms with Gasteiger partial charge in [0.2, 0.25) is 0 Å². The van der Waals surface area contributed by atoms with Crippen LogP contribution in [0.1, 0.15) is 25.7 Å². The van der Waals surface area contributed by atoms with Gasteiger partial charge >= 0.3 is 0 Å². The third-order valence-corrected chi connectivity index (χ3v) is 3.14. The molecule has 1 saturated carbocycles. The molecule has 0 radical (unpaired) electrons. The van der Waals surface area contributed by atoms with E-state index in [-0.39, 0.29) is 0 Å². The van der Waals surface area contributed by atoms with E-state index in [9.17, 15) is 0 Å². The van der Waals surface area contributed by atoms with Gasteiger partial charge in [0.15, 0.2) is 0 Å². The SMILES string of the molecule is N/C(Br)=C(/Cl)N(N)C1CCCC1. The first-order valence-electron chi connectivity index (χ1n) is 3.97. The first kappa shape index (κ1) is 10.2. The maximum absolute atomic E-state index is 5.85. The van der Waals surface area contributed by atoms with Crippen LogP contribution in [0.25, 0.3) is 0 Å². The molecule has 0 amide bonds. The smallest absolute Gasteiger partial charge is 0.149 e. The van der Waals surface area contributed by atoms with Crippen LogP contribution in [-0.2, 0) is 0 Å². The summed E-state index contributed by atoms with van der Waals surface area (Å²) < 4.78 is 0.401. The van der Waals surface area contributed by atoms with E-state index in [1.54, 1.807) is 5.01 Å². The molecule has 3 nitrogen and oxygen atoms in total. The maximum atomic E-state index is 5.85. The Kier molecular flexibility index (Phi) is 3.68. The fourth-order valence-corrected chi connectivity index (χ4v) is 1.81. The van der Waals surface area contributed by atoms with Crippen molar-refractivity contribution in [3.05, 3.63) is 9.76 Å². The lowest BCUT2D eigenvalue weighted by molar-refractivity contribution is 0.278. The van der Waals surface area contributed by atoms with Gasteiger partial charge in [-0.25, -0.2) is 5.84 Å². The molecular weight excluding hydrogens is 241 g/mol. The minimum atomic E-state index is 0.355. The molecule has 0 saturated heterocycles. The van der Waals surface area contributed by atoms with Gasteiger partial charge in [-0.2, -0.15) is 0 Å². The zero-order valence-corrected chi connectivity index (χ0v) is 9.11. The lowest BCUT2D eigenvalue weighted by Gasteiger charge is -2.24. The Bertz CT molecular complexity index is 185. The monoisotopic (exact) mass is 253 g/mol. The van der Waals surface area contributed by atoms with Crippen LogP contribution >= 0.6 is 27.5 Å². The second kappa shape index (κ2) is 4.35. The van der Waals surface area contributed by atoms with Gasteiger partial charge in [0, 0.05) is 6.04 Å². The molecule has 0 atom stereocenters. The van der Waals surface area contributed by atoms with E-state index in [4.69, 9.17) is 23.2 Å². The molecule has 1 rings (SSSR count). The molecule has 5 heteroatoms. The van der Waals surface area contributed by atoms with Gasteiger partial charge in [-0.1, -0.05) is 24.4 Å². The quantitative estimate of drug-likeness (QED) is 0.449. The van der Waals surface area contributed by atoms with Crippen LogP contribution in [0.4, 0.5) is 0 Å². The summed E-state index contributed by atoms with van der Waals surface area (Å²) in [6.07, 6.45) is 4.66. The van der Waals surface area contributed by atoms with Crippen molar-refractivity contribution in [2.24, 2.45) is 11.6 Å². The molecule has 70 valence electrons. The zero-order chi connectivity index (χ0) is 9.14. The van der Waals surface area contributed by atoms with E-state index < -0.39 is 0 Å². The average molecular weight is 255 g/mol. The molecule has 0 bridgehead atoms. The Labute approximate surface area is 85.8 Å². The van der Waals surface area contributed by atoms with Gasteiger partial charge in [0.1, 0.15) is 9.76 Å². The Morgan fingerprint density at radius 1 is 1.42 bits per heavy atom. The van der Waals surface area contributed by atoms with E-state index >= 15 is 0 Å². The molecule has 0 heterocycles. The van der Waals surface area contributed by atoms with Crippen molar-refractivity contribution in [3.8, 4) is 0 Å². The summed E-state index contributed by atoms with van der Waals surface area (Å²) >= 11 is 8.95. The van der Waals surface area contributed by atoms with Crippen LogP contribution in [0.3, 0.4) is 0 Å². The van der Waals surface area contributed by atoms with E-state index in [0.717, 1.165) is 12.8 Å². The van der Waals surface area contributed by atoms with E-state index in [1.165, 1.54) is 12.8 Å². The first-order chi connectivity index (χ1) is 5.63.